The molecule has 2 fully saturated rings. The molecule has 1 atom stereocenters. The fourth-order valence-corrected chi connectivity index (χ4v) is 2.51. The molecule has 1 amide bonds. The second-order valence-electron chi connectivity index (χ2n) is 4.36. The standard InChI is InChI=1S/C11H18N2O2/c1-2-12-6-3-4-9(8-12)13-7-5-10(14)11(13)15/h9H,2-8H2,1H3. The fourth-order valence-electron chi connectivity index (χ4n) is 2.51. The molecule has 0 aliphatic carbocycles. The normalized spacial score (nSPS) is 28.9. The lowest BCUT2D eigenvalue weighted by Gasteiger charge is -2.36. The zero-order valence-corrected chi connectivity index (χ0v) is 9.24. The molecular formula is C11H18N2O2. The maximum absolute atomic E-state index is 11.6. The number of hydrogen-bond acceptors (Lipinski definition) is 3. The van der Waals surface area contributed by atoms with E-state index < -0.39 is 0 Å². The third-order valence-corrected chi connectivity index (χ3v) is 3.45. The van der Waals surface area contributed by atoms with Crippen LogP contribution in [0, 0.1) is 0 Å². The maximum atomic E-state index is 11.6. The lowest BCUT2D eigenvalue weighted by Crippen LogP contribution is -2.48. The first kappa shape index (κ1) is 10.6. The van der Waals surface area contributed by atoms with Crippen molar-refractivity contribution in [2.75, 3.05) is 26.2 Å². The molecule has 4 nitrogen and oxygen atoms in total. The van der Waals surface area contributed by atoms with Crippen molar-refractivity contribution in [2.24, 2.45) is 0 Å². The first-order chi connectivity index (χ1) is 7.22. The van der Waals surface area contributed by atoms with E-state index in [0.717, 1.165) is 32.5 Å². The van der Waals surface area contributed by atoms with E-state index in [1.807, 2.05) is 0 Å². The van der Waals surface area contributed by atoms with Crippen molar-refractivity contribution in [2.45, 2.75) is 32.2 Å². The van der Waals surface area contributed by atoms with Gasteiger partial charge in [0, 0.05) is 25.6 Å². The summed E-state index contributed by atoms with van der Waals surface area (Å²) in [7, 11) is 0. The summed E-state index contributed by atoms with van der Waals surface area (Å²) in [5, 5.41) is 0. The summed E-state index contributed by atoms with van der Waals surface area (Å²) >= 11 is 0. The Morgan fingerprint density at radius 1 is 1.33 bits per heavy atom. The van der Waals surface area contributed by atoms with E-state index in [9.17, 15) is 9.59 Å². The van der Waals surface area contributed by atoms with Gasteiger partial charge in [-0.15, -0.1) is 0 Å². The van der Waals surface area contributed by atoms with Gasteiger partial charge in [0.1, 0.15) is 0 Å². The van der Waals surface area contributed by atoms with Crippen LogP contribution in [0.1, 0.15) is 26.2 Å². The van der Waals surface area contributed by atoms with Gasteiger partial charge in [0.05, 0.1) is 0 Å². The summed E-state index contributed by atoms with van der Waals surface area (Å²) in [4.78, 5) is 26.9. The zero-order valence-electron chi connectivity index (χ0n) is 9.24. The van der Waals surface area contributed by atoms with Gasteiger partial charge in [-0.05, 0) is 25.9 Å². The van der Waals surface area contributed by atoms with Crippen molar-refractivity contribution in [1.82, 2.24) is 9.80 Å². The molecule has 2 saturated heterocycles. The van der Waals surface area contributed by atoms with Crippen LogP contribution in [-0.4, -0.2) is 53.7 Å². The highest BCUT2D eigenvalue weighted by atomic mass is 16.2. The van der Waals surface area contributed by atoms with Crippen molar-refractivity contribution < 1.29 is 9.59 Å². The van der Waals surface area contributed by atoms with Crippen LogP contribution < -0.4 is 0 Å². The van der Waals surface area contributed by atoms with Crippen LogP contribution in [0.15, 0.2) is 0 Å². The minimum absolute atomic E-state index is 0.205. The van der Waals surface area contributed by atoms with E-state index in [4.69, 9.17) is 0 Å². The Balaban J connectivity index is 1.98. The highest BCUT2D eigenvalue weighted by Gasteiger charge is 2.35. The maximum Gasteiger partial charge on any atom is 0.290 e. The van der Waals surface area contributed by atoms with Crippen molar-refractivity contribution in [1.29, 1.82) is 0 Å². The van der Waals surface area contributed by atoms with Gasteiger partial charge in [0.25, 0.3) is 5.91 Å². The summed E-state index contributed by atoms with van der Waals surface area (Å²) < 4.78 is 0. The smallest absolute Gasteiger partial charge is 0.290 e. The minimum Gasteiger partial charge on any atom is -0.331 e. The van der Waals surface area contributed by atoms with Gasteiger partial charge in [-0.2, -0.15) is 0 Å². The number of hydrogen-bond donors (Lipinski definition) is 0. The summed E-state index contributed by atoms with van der Waals surface area (Å²) in [6.45, 7) is 5.88. The second kappa shape index (κ2) is 4.31. The van der Waals surface area contributed by atoms with Crippen LogP contribution in [-0.2, 0) is 9.59 Å². The molecule has 2 aliphatic rings. The average Bonchev–Trinajstić information content (AvgIpc) is 2.60. The van der Waals surface area contributed by atoms with E-state index >= 15 is 0 Å². The van der Waals surface area contributed by atoms with Gasteiger partial charge >= 0.3 is 0 Å². The van der Waals surface area contributed by atoms with Crippen LogP contribution in [0.5, 0.6) is 0 Å². The molecule has 1 unspecified atom stereocenters. The Labute approximate surface area is 90.2 Å². The number of ketones is 1. The lowest BCUT2D eigenvalue weighted by molar-refractivity contribution is -0.141. The van der Waals surface area contributed by atoms with Crippen molar-refractivity contribution in [3.05, 3.63) is 0 Å². The molecule has 4 heteroatoms. The van der Waals surface area contributed by atoms with E-state index in [2.05, 4.69) is 11.8 Å². The molecule has 0 bridgehead atoms. The van der Waals surface area contributed by atoms with E-state index in [0.29, 0.717) is 13.0 Å². The number of likely N-dealkylation sites (tertiary alicyclic amines) is 2. The third kappa shape index (κ3) is 2.04. The van der Waals surface area contributed by atoms with Crippen molar-refractivity contribution in [3.63, 3.8) is 0 Å². The predicted octanol–water partition coefficient (Wildman–Crippen LogP) is 0.272. The summed E-state index contributed by atoms with van der Waals surface area (Å²) in [5.41, 5.74) is 0. The van der Waals surface area contributed by atoms with Gasteiger partial charge in [0.2, 0.25) is 5.78 Å². The Hall–Kier alpha value is -0.900. The molecule has 0 radical (unpaired) electrons. The lowest BCUT2D eigenvalue weighted by atomic mass is 10.0. The molecule has 2 rings (SSSR count). The molecule has 0 aromatic carbocycles. The summed E-state index contributed by atoms with van der Waals surface area (Å²) in [5.74, 6) is -0.457. The zero-order chi connectivity index (χ0) is 10.8. The number of amides is 1. The number of nitrogens with zero attached hydrogens (tertiary/aromatic N) is 2. The Morgan fingerprint density at radius 2 is 2.13 bits per heavy atom. The van der Waals surface area contributed by atoms with Crippen LogP contribution in [0.3, 0.4) is 0 Å². The number of likely N-dealkylation sites (N-methyl/N-ethyl adjacent to an activating group) is 1. The molecule has 0 aromatic heterocycles. The molecule has 15 heavy (non-hydrogen) atoms. The number of rotatable bonds is 2. The van der Waals surface area contributed by atoms with Gasteiger partial charge in [-0.1, -0.05) is 6.92 Å². The molecule has 0 spiro atoms. The SMILES string of the molecule is CCN1CCCC(N2CCC(=O)C2=O)C1. The average molecular weight is 210 g/mol. The van der Waals surface area contributed by atoms with Crippen molar-refractivity contribution >= 4 is 11.7 Å². The number of carbonyl (C=O) groups excluding carboxylic acids is 2. The quantitative estimate of drug-likeness (QED) is 0.614. The molecular weight excluding hydrogens is 192 g/mol. The van der Waals surface area contributed by atoms with Crippen LogP contribution in [0.2, 0.25) is 0 Å². The van der Waals surface area contributed by atoms with Gasteiger partial charge in [-0.25, -0.2) is 0 Å². The van der Waals surface area contributed by atoms with Gasteiger partial charge < -0.3 is 9.80 Å². The first-order valence-corrected chi connectivity index (χ1v) is 5.78. The third-order valence-electron chi connectivity index (χ3n) is 3.45. The topological polar surface area (TPSA) is 40.6 Å². The minimum atomic E-state index is -0.252. The van der Waals surface area contributed by atoms with Crippen LogP contribution in [0.25, 0.3) is 0 Å². The van der Waals surface area contributed by atoms with Crippen LogP contribution in [0.4, 0.5) is 0 Å². The highest BCUT2D eigenvalue weighted by Crippen LogP contribution is 2.19. The number of piperidine rings is 1. The highest BCUT2D eigenvalue weighted by molar-refractivity contribution is 6.37. The van der Waals surface area contributed by atoms with E-state index in [-0.39, 0.29) is 17.7 Å². The summed E-state index contributed by atoms with van der Waals surface area (Å²) in [6, 6.07) is 0.276. The van der Waals surface area contributed by atoms with Gasteiger partial charge in [-0.3, -0.25) is 9.59 Å². The molecule has 0 saturated carbocycles. The second-order valence-corrected chi connectivity index (χ2v) is 4.36. The van der Waals surface area contributed by atoms with Crippen LogP contribution >= 0.6 is 0 Å². The molecule has 2 heterocycles. The Bertz CT molecular complexity index is 278. The predicted molar refractivity (Wildman–Crippen MR) is 56.5 cm³/mol. The monoisotopic (exact) mass is 210 g/mol. The Kier molecular flexibility index (Phi) is 3.05. The van der Waals surface area contributed by atoms with Gasteiger partial charge in [0.15, 0.2) is 0 Å². The largest absolute Gasteiger partial charge is 0.331 e. The molecule has 2 aliphatic heterocycles. The number of carbonyl (C=O) groups is 2. The van der Waals surface area contributed by atoms with E-state index in [1.165, 1.54) is 0 Å². The van der Waals surface area contributed by atoms with Crippen molar-refractivity contribution in [3.8, 4) is 0 Å². The molecule has 0 aromatic rings. The Morgan fingerprint density at radius 3 is 2.73 bits per heavy atom. The fraction of sp³-hybridized carbons (Fsp3) is 0.818. The molecule has 0 N–H and O–H groups in total. The summed E-state index contributed by atoms with van der Waals surface area (Å²) in [6.07, 6.45) is 2.60. The first-order valence-electron chi connectivity index (χ1n) is 5.78. The van der Waals surface area contributed by atoms with E-state index in [1.54, 1.807) is 4.90 Å². The number of Topliss-reactive ketones (excluding diaryl/α,β-unsaturated/α-hetero) is 1. The molecule has 84 valence electrons.